The maximum Gasteiger partial charge on any atom is 0.248 e. The number of hydrogen-bond acceptors (Lipinski definition) is 3. The van der Waals surface area contributed by atoms with E-state index >= 15 is 0 Å². The Hall–Kier alpha value is -1.52. The number of thiophene rings is 1. The Morgan fingerprint density at radius 3 is 2.57 bits per heavy atom. The summed E-state index contributed by atoms with van der Waals surface area (Å²) in [5.74, 6) is -0.458. The monoisotopic (exact) mass is 322 g/mol. The van der Waals surface area contributed by atoms with E-state index in [1.165, 1.54) is 9.75 Å². The molecular formula is C16H19ClN2OS. The second kappa shape index (κ2) is 6.08. The van der Waals surface area contributed by atoms with Gasteiger partial charge in [-0.2, -0.15) is 0 Å². The van der Waals surface area contributed by atoms with Gasteiger partial charge in [-0.1, -0.05) is 32.4 Å². The van der Waals surface area contributed by atoms with Crippen molar-refractivity contribution >= 4 is 34.5 Å². The normalized spacial score (nSPS) is 11.4. The fraction of sp³-hybridized carbons (Fsp3) is 0.312. The summed E-state index contributed by atoms with van der Waals surface area (Å²) in [4.78, 5) is 13.8. The number of amides is 1. The highest BCUT2D eigenvalue weighted by Crippen LogP contribution is 2.30. The molecule has 0 atom stereocenters. The molecule has 0 radical (unpaired) electrons. The first-order chi connectivity index (χ1) is 9.77. The highest BCUT2D eigenvalue weighted by atomic mass is 35.5. The number of carbonyl (C=O) groups is 1. The summed E-state index contributed by atoms with van der Waals surface area (Å²) >= 11 is 7.91. The number of primary amides is 1. The minimum absolute atomic E-state index is 0.159. The van der Waals surface area contributed by atoms with E-state index in [1.54, 1.807) is 29.5 Å². The predicted molar refractivity (Wildman–Crippen MR) is 90.3 cm³/mol. The number of carbonyl (C=O) groups excluding carboxylic acids is 1. The molecule has 2 aromatic rings. The number of nitrogens with one attached hydrogen (secondary N) is 1. The Bertz CT molecular complexity index is 659. The zero-order valence-electron chi connectivity index (χ0n) is 12.4. The molecule has 3 N–H and O–H groups in total. The van der Waals surface area contributed by atoms with Crippen LogP contribution in [-0.2, 0) is 12.0 Å². The maximum absolute atomic E-state index is 11.2. The van der Waals surface area contributed by atoms with Gasteiger partial charge in [0.25, 0.3) is 0 Å². The lowest BCUT2D eigenvalue weighted by molar-refractivity contribution is 0.100. The van der Waals surface area contributed by atoms with Crippen molar-refractivity contribution in [1.29, 1.82) is 0 Å². The summed E-state index contributed by atoms with van der Waals surface area (Å²) in [5, 5.41) is 3.84. The predicted octanol–water partition coefficient (Wildman–Crippen LogP) is 4.41. The molecule has 2 rings (SSSR count). The van der Waals surface area contributed by atoms with Crippen molar-refractivity contribution in [3.05, 3.63) is 50.7 Å². The van der Waals surface area contributed by atoms with Crippen LogP contribution in [-0.4, -0.2) is 5.91 Å². The van der Waals surface area contributed by atoms with Crippen LogP contribution in [0.15, 0.2) is 30.3 Å². The minimum atomic E-state index is -0.458. The molecule has 1 amide bonds. The zero-order valence-corrected chi connectivity index (χ0v) is 13.9. The Kier molecular flexibility index (Phi) is 4.59. The number of benzene rings is 1. The summed E-state index contributed by atoms with van der Waals surface area (Å²) in [6.07, 6.45) is 0. The van der Waals surface area contributed by atoms with Gasteiger partial charge in [-0.05, 0) is 35.7 Å². The van der Waals surface area contributed by atoms with Crippen molar-refractivity contribution in [3.8, 4) is 0 Å². The van der Waals surface area contributed by atoms with Crippen molar-refractivity contribution in [1.82, 2.24) is 0 Å². The van der Waals surface area contributed by atoms with Gasteiger partial charge in [-0.25, -0.2) is 0 Å². The third kappa shape index (κ3) is 3.99. The largest absolute Gasteiger partial charge is 0.379 e. The molecule has 0 saturated heterocycles. The lowest BCUT2D eigenvalue weighted by Gasteiger charge is -2.15. The van der Waals surface area contributed by atoms with Gasteiger partial charge < -0.3 is 11.1 Å². The molecule has 5 heteroatoms. The van der Waals surface area contributed by atoms with Gasteiger partial charge in [0.15, 0.2) is 0 Å². The number of nitrogens with two attached hydrogens (primary N) is 1. The summed E-state index contributed by atoms with van der Waals surface area (Å²) < 4.78 is 0. The fourth-order valence-corrected chi connectivity index (χ4v) is 3.06. The molecule has 0 bridgehead atoms. The maximum atomic E-state index is 11.2. The Balaban J connectivity index is 2.11. The molecule has 0 spiro atoms. The highest BCUT2D eigenvalue weighted by Gasteiger charge is 2.16. The van der Waals surface area contributed by atoms with Gasteiger partial charge in [-0.3, -0.25) is 4.79 Å². The molecule has 0 fully saturated rings. The summed E-state index contributed by atoms with van der Waals surface area (Å²) in [6.45, 7) is 7.26. The average molecular weight is 323 g/mol. The second-order valence-corrected chi connectivity index (χ2v) is 7.50. The van der Waals surface area contributed by atoms with Crippen LogP contribution in [0.3, 0.4) is 0 Å². The van der Waals surface area contributed by atoms with Gasteiger partial charge >= 0.3 is 0 Å². The zero-order chi connectivity index (χ0) is 15.6. The van der Waals surface area contributed by atoms with Crippen molar-refractivity contribution in [2.45, 2.75) is 32.7 Å². The van der Waals surface area contributed by atoms with Gasteiger partial charge in [-0.15, -0.1) is 11.3 Å². The van der Waals surface area contributed by atoms with E-state index in [0.29, 0.717) is 17.1 Å². The summed E-state index contributed by atoms with van der Waals surface area (Å²) in [5.41, 5.74) is 6.61. The van der Waals surface area contributed by atoms with E-state index in [-0.39, 0.29) is 5.41 Å². The van der Waals surface area contributed by atoms with Crippen LogP contribution in [0.4, 0.5) is 5.69 Å². The van der Waals surface area contributed by atoms with Gasteiger partial charge in [0.2, 0.25) is 5.91 Å². The molecule has 0 aliphatic heterocycles. The van der Waals surface area contributed by atoms with Crippen LogP contribution in [0, 0.1) is 0 Å². The molecule has 1 aromatic heterocycles. The van der Waals surface area contributed by atoms with Crippen LogP contribution >= 0.6 is 22.9 Å². The van der Waals surface area contributed by atoms with Crippen molar-refractivity contribution in [3.63, 3.8) is 0 Å². The lowest BCUT2D eigenvalue weighted by atomic mass is 9.95. The van der Waals surface area contributed by atoms with Crippen LogP contribution in [0.2, 0.25) is 5.02 Å². The molecule has 0 saturated carbocycles. The van der Waals surface area contributed by atoms with Crippen LogP contribution < -0.4 is 11.1 Å². The highest BCUT2D eigenvalue weighted by molar-refractivity contribution is 7.12. The first-order valence-corrected chi connectivity index (χ1v) is 7.89. The van der Waals surface area contributed by atoms with E-state index < -0.39 is 5.91 Å². The van der Waals surface area contributed by atoms with E-state index in [9.17, 15) is 4.79 Å². The minimum Gasteiger partial charge on any atom is -0.379 e. The fourth-order valence-electron chi connectivity index (χ4n) is 1.87. The molecule has 1 heterocycles. The number of anilines is 1. The Labute approximate surface area is 134 Å². The topological polar surface area (TPSA) is 55.1 Å². The SMILES string of the molecule is CC(C)(C)c1ccc(CNc2cc(C(N)=O)ccc2Cl)s1. The van der Waals surface area contributed by atoms with Crippen LogP contribution in [0.25, 0.3) is 0 Å². The molecule has 21 heavy (non-hydrogen) atoms. The van der Waals surface area contributed by atoms with E-state index in [4.69, 9.17) is 17.3 Å². The van der Waals surface area contributed by atoms with E-state index in [1.807, 2.05) is 0 Å². The molecule has 0 aliphatic carbocycles. The number of hydrogen-bond donors (Lipinski definition) is 2. The van der Waals surface area contributed by atoms with Crippen LogP contribution in [0.5, 0.6) is 0 Å². The summed E-state index contributed by atoms with van der Waals surface area (Å²) in [6, 6.07) is 9.26. The van der Waals surface area contributed by atoms with Crippen LogP contribution in [0.1, 0.15) is 40.9 Å². The first kappa shape index (κ1) is 15.9. The molecular weight excluding hydrogens is 304 g/mol. The third-order valence-corrected chi connectivity index (χ3v) is 4.95. The molecule has 3 nitrogen and oxygen atoms in total. The van der Waals surface area contributed by atoms with Crippen molar-refractivity contribution in [2.24, 2.45) is 5.73 Å². The Morgan fingerprint density at radius 2 is 2.00 bits per heavy atom. The van der Waals surface area contributed by atoms with E-state index in [2.05, 4.69) is 38.2 Å². The van der Waals surface area contributed by atoms with E-state index in [0.717, 1.165) is 5.69 Å². The van der Waals surface area contributed by atoms with Gasteiger partial charge in [0.1, 0.15) is 0 Å². The second-order valence-electron chi connectivity index (χ2n) is 5.93. The standard InChI is InChI=1S/C16H19ClN2OS/c1-16(2,3)14-7-5-11(21-14)9-19-13-8-10(15(18)20)4-6-12(13)17/h4-8,19H,9H2,1-3H3,(H2,18,20). The lowest BCUT2D eigenvalue weighted by Crippen LogP contribution is -2.11. The van der Waals surface area contributed by atoms with Crippen molar-refractivity contribution < 1.29 is 4.79 Å². The number of halogens is 1. The van der Waals surface area contributed by atoms with Crippen molar-refractivity contribution in [2.75, 3.05) is 5.32 Å². The molecule has 112 valence electrons. The Morgan fingerprint density at radius 1 is 1.29 bits per heavy atom. The number of rotatable bonds is 4. The summed E-state index contributed by atoms with van der Waals surface area (Å²) in [7, 11) is 0. The van der Waals surface area contributed by atoms with Gasteiger partial charge in [0.05, 0.1) is 10.7 Å². The molecule has 0 aliphatic rings. The third-order valence-electron chi connectivity index (χ3n) is 3.10. The van der Waals surface area contributed by atoms with Gasteiger partial charge in [0, 0.05) is 21.9 Å². The smallest absolute Gasteiger partial charge is 0.248 e. The molecule has 0 unspecified atom stereocenters. The quantitative estimate of drug-likeness (QED) is 0.876. The average Bonchev–Trinajstić information content (AvgIpc) is 2.86. The molecule has 1 aromatic carbocycles. The first-order valence-electron chi connectivity index (χ1n) is 6.70.